The van der Waals surface area contributed by atoms with Crippen molar-refractivity contribution in [3.63, 3.8) is 0 Å². The van der Waals surface area contributed by atoms with Gasteiger partial charge in [-0.3, -0.25) is 0 Å². The van der Waals surface area contributed by atoms with E-state index in [1.165, 1.54) is 38.2 Å². The van der Waals surface area contributed by atoms with Gasteiger partial charge in [-0.15, -0.1) is 0 Å². The summed E-state index contributed by atoms with van der Waals surface area (Å²) in [6.07, 6.45) is 2.59. The Morgan fingerprint density at radius 2 is 1.24 bits per heavy atom. The molecule has 1 N–H and O–H groups in total. The van der Waals surface area contributed by atoms with Gasteiger partial charge in [-0.25, -0.2) is 0 Å². The summed E-state index contributed by atoms with van der Waals surface area (Å²) in [7, 11) is 4.90. The Bertz CT molecular complexity index is 2150. The number of aliphatic hydroxyl groups is 1. The smallest absolute Gasteiger partial charge is 0.134 e. The van der Waals surface area contributed by atoms with Crippen LogP contribution >= 0.6 is 0 Å². The van der Waals surface area contributed by atoms with E-state index >= 15 is 0 Å². The Balaban J connectivity index is 1.40. The summed E-state index contributed by atoms with van der Waals surface area (Å²) in [4.78, 5) is 0. The van der Waals surface area contributed by atoms with E-state index in [0.29, 0.717) is 23.7 Å². The summed E-state index contributed by atoms with van der Waals surface area (Å²) in [6.45, 7) is 4.70. The van der Waals surface area contributed by atoms with Gasteiger partial charge in [0, 0.05) is 17.7 Å². The number of allylic oxidation sites excluding steroid dienone is 1. The maximum atomic E-state index is 11.8. The van der Waals surface area contributed by atoms with Crippen molar-refractivity contribution in [1.29, 1.82) is 0 Å². The van der Waals surface area contributed by atoms with Gasteiger partial charge in [-0.2, -0.15) is 0 Å². The zero-order chi connectivity index (χ0) is 30.9. The number of ether oxygens (including phenoxy) is 3. The van der Waals surface area contributed by atoms with Crippen LogP contribution in [0.1, 0.15) is 39.8 Å². The third-order valence-corrected chi connectivity index (χ3v) is 9.74. The molecule has 2 aliphatic carbocycles. The van der Waals surface area contributed by atoms with E-state index < -0.39 is 5.41 Å². The molecule has 0 aliphatic heterocycles. The van der Waals surface area contributed by atoms with Crippen LogP contribution in [0.25, 0.3) is 44.0 Å². The van der Waals surface area contributed by atoms with Gasteiger partial charge in [0.25, 0.3) is 0 Å². The van der Waals surface area contributed by atoms with Crippen LogP contribution < -0.4 is 14.2 Å². The van der Waals surface area contributed by atoms with Crippen LogP contribution in [0, 0.1) is 0 Å². The third kappa shape index (κ3) is 3.72. The van der Waals surface area contributed by atoms with Crippen LogP contribution in [0.15, 0.2) is 116 Å². The normalized spacial score (nSPS) is 15.6. The largest absolute Gasteiger partial charge is 0.508 e. The molecule has 2 aliphatic rings. The molecule has 6 aromatic rings. The molecule has 220 valence electrons. The molecule has 45 heavy (non-hydrogen) atoms. The highest BCUT2D eigenvalue weighted by Gasteiger charge is 2.44. The van der Waals surface area contributed by atoms with Crippen molar-refractivity contribution in [2.75, 3.05) is 21.3 Å². The lowest BCUT2D eigenvalue weighted by molar-refractivity contribution is 0.377. The molecule has 6 aromatic carbocycles. The predicted octanol–water partition coefficient (Wildman–Crippen LogP) is 9.70. The number of fused-ring (bicyclic) bond motifs is 5. The summed E-state index contributed by atoms with van der Waals surface area (Å²) in [5, 5.41) is 16.9. The molecule has 0 saturated heterocycles. The summed E-state index contributed by atoms with van der Waals surface area (Å²) in [6, 6.07) is 36.0. The first-order chi connectivity index (χ1) is 22.0. The average molecular weight is 589 g/mol. The third-order valence-electron chi connectivity index (χ3n) is 9.74. The first kappa shape index (κ1) is 27.1. The zero-order valence-electron chi connectivity index (χ0n) is 25.5. The highest BCUT2D eigenvalue weighted by Crippen LogP contribution is 2.56. The second-order valence-corrected chi connectivity index (χ2v) is 11.8. The quantitative estimate of drug-likeness (QED) is 0.208. The van der Waals surface area contributed by atoms with Crippen molar-refractivity contribution >= 4 is 32.9 Å². The molecular formula is C41H32O4. The van der Waals surface area contributed by atoms with Crippen molar-refractivity contribution in [1.82, 2.24) is 0 Å². The number of hydrogen-bond acceptors (Lipinski definition) is 4. The Morgan fingerprint density at radius 1 is 0.622 bits per heavy atom. The van der Waals surface area contributed by atoms with Gasteiger partial charge >= 0.3 is 0 Å². The van der Waals surface area contributed by atoms with E-state index in [2.05, 4.69) is 78.9 Å². The van der Waals surface area contributed by atoms with E-state index in [9.17, 15) is 5.11 Å². The molecule has 0 atom stereocenters. The lowest BCUT2D eigenvalue weighted by Gasteiger charge is -2.34. The minimum Gasteiger partial charge on any atom is -0.508 e. The molecular weight excluding hydrogens is 556 g/mol. The Morgan fingerprint density at radius 3 is 1.87 bits per heavy atom. The van der Waals surface area contributed by atoms with Gasteiger partial charge in [0.1, 0.15) is 23.0 Å². The lowest BCUT2D eigenvalue weighted by atomic mass is 9.67. The summed E-state index contributed by atoms with van der Waals surface area (Å²) in [5.41, 5.74) is 8.33. The Hall–Kier alpha value is -5.48. The standard InChI is InChI=1S/C41H32O4/c1-24-29-11-5-6-12-32(29)41(33-13-7-9-25-15-16-26-10-8-14-34(41)39(26)38(25)33)20-19-35(42)30-18-17-27(21-31(24)30)40-36(44-3)22-28(43-2)23-37(40)45-4/h5-19,21-23,42H,1,20H2,2-4H3/b35-19+. The van der Waals surface area contributed by atoms with Crippen molar-refractivity contribution in [3.05, 3.63) is 149 Å². The van der Waals surface area contributed by atoms with Crippen LogP contribution in [0.5, 0.6) is 17.2 Å². The molecule has 0 saturated carbocycles. The van der Waals surface area contributed by atoms with Crippen LogP contribution in [0.3, 0.4) is 0 Å². The number of hydrogen-bond donors (Lipinski definition) is 1. The highest BCUT2D eigenvalue weighted by atomic mass is 16.5. The lowest BCUT2D eigenvalue weighted by Crippen LogP contribution is -2.28. The molecule has 0 bridgehead atoms. The Labute approximate surface area is 262 Å². The van der Waals surface area contributed by atoms with Crippen molar-refractivity contribution in [2.24, 2.45) is 0 Å². The average Bonchev–Trinajstić information content (AvgIpc) is 3.40. The van der Waals surface area contributed by atoms with Crippen molar-refractivity contribution in [2.45, 2.75) is 11.8 Å². The van der Waals surface area contributed by atoms with Gasteiger partial charge in [0.05, 0.1) is 32.3 Å². The molecule has 0 radical (unpaired) electrons. The molecule has 0 heterocycles. The van der Waals surface area contributed by atoms with Crippen LogP contribution in [-0.4, -0.2) is 26.4 Å². The minimum atomic E-state index is -0.510. The monoisotopic (exact) mass is 588 g/mol. The van der Waals surface area contributed by atoms with Crippen molar-refractivity contribution < 1.29 is 19.3 Å². The van der Waals surface area contributed by atoms with Crippen LogP contribution in [0.2, 0.25) is 0 Å². The highest BCUT2D eigenvalue weighted by molar-refractivity contribution is 6.15. The van der Waals surface area contributed by atoms with E-state index in [4.69, 9.17) is 20.8 Å². The van der Waals surface area contributed by atoms with Crippen LogP contribution in [-0.2, 0) is 5.41 Å². The molecule has 0 amide bonds. The van der Waals surface area contributed by atoms with E-state index in [0.717, 1.165) is 33.4 Å². The van der Waals surface area contributed by atoms with Gasteiger partial charge in [-0.1, -0.05) is 91.5 Å². The molecule has 8 rings (SSSR count). The predicted molar refractivity (Wildman–Crippen MR) is 183 cm³/mol. The van der Waals surface area contributed by atoms with Gasteiger partial charge < -0.3 is 19.3 Å². The number of methoxy groups -OCH3 is 3. The summed E-state index contributed by atoms with van der Waals surface area (Å²) in [5.74, 6) is 2.13. The maximum absolute atomic E-state index is 11.8. The molecule has 4 nitrogen and oxygen atoms in total. The number of benzene rings is 6. The van der Waals surface area contributed by atoms with E-state index in [-0.39, 0.29) is 5.76 Å². The first-order valence-electron chi connectivity index (χ1n) is 15.1. The molecule has 0 aromatic heterocycles. The van der Waals surface area contributed by atoms with Crippen LogP contribution in [0.4, 0.5) is 0 Å². The van der Waals surface area contributed by atoms with E-state index in [1.54, 1.807) is 21.3 Å². The van der Waals surface area contributed by atoms with Gasteiger partial charge in [-0.05, 0) is 79.1 Å². The summed E-state index contributed by atoms with van der Waals surface area (Å²) < 4.78 is 17.1. The second kappa shape index (κ2) is 10.0. The fourth-order valence-electron chi connectivity index (χ4n) is 7.72. The van der Waals surface area contributed by atoms with Gasteiger partial charge in [0.15, 0.2) is 0 Å². The maximum Gasteiger partial charge on any atom is 0.134 e. The Kier molecular flexibility index (Phi) is 6.04. The topological polar surface area (TPSA) is 47.9 Å². The van der Waals surface area contributed by atoms with Crippen molar-refractivity contribution in [3.8, 4) is 28.4 Å². The number of rotatable bonds is 4. The number of aliphatic hydroxyl groups excluding tert-OH is 1. The summed E-state index contributed by atoms with van der Waals surface area (Å²) >= 11 is 0. The minimum absolute atomic E-state index is 0.230. The first-order valence-corrected chi connectivity index (χ1v) is 15.1. The molecule has 0 unspecified atom stereocenters. The SMILES string of the molecule is C=C1c2cc(-c3c(OC)cc(OC)cc3OC)ccc2/C(O)=C\CC2(c3ccccc31)c1cccc3ccc4cccc2c4c13. The fourth-order valence-corrected chi connectivity index (χ4v) is 7.72. The molecule has 4 heteroatoms. The molecule has 1 spiro atoms. The molecule has 0 fully saturated rings. The fraction of sp³-hybridized carbons (Fsp3) is 0.122. The van der Waals surface area contributed by atoms with E-state index in [1.807, 2.05) is 30.3 Å². The zero-order valence-corrected chi connectivity index (χ0v) is 25.5. The second-order valence-electron chi connectivity index (χ2n) is 11.8. The van der Waals surface area contributed by atoms with Gasteiger partial charge in [0.2, 0.25) is 0 Å².